The van der Waals surface area contributed by atoms with Gasteiger partial charge < -0.3 is 4.74 Å². The molecule has 0 amide bonds. The molecule has 1 aromatic rings. The Hall–Kier alpha value is -0.400. The first-order chi connectivity index (χ1) is 6.45. The van der Waals surface area contributed by atoms with Crippen molar-refractivity contribution in [2.24, 2.45) is 0 Å². The van der Waals surface area contributed by atoms with Crippen molar-refractivity contribution in [2.45, 2.75) is 4.90 Å². The first kappa shape index (κ1) is 14.6. The summed E-state index contributed by atoms with van der Waals surface area (Å²) in [6.45, 7) is 0. The molecule has 0 aromatic heterocycles. The van der Waals surface area contributed by atoms with Crippen LogP contribution in [-0.2, 0) is 14.9 Å². The minimum absolute atomic E-state index is 0. The van der Waals surface area contributed by atoms with Crippen molar-refractivity contribution in [3.8, 4) is 0 Å². The standard InChI is InChI=1S/C8H8O5S.Na/c1-13-8(9)6-3-2-4-7(5-6)14(10,11)12;/h2-5H,1H3,(H,10,11,12);. The van der Waals surface area contributed by atoms with Crippen molar-refractivity contribution in [3.05, 3.63) is 29.8 Å². The van der Waals surface area contributed by atoms with Crippen LogP contribution in [0, 0.1) is 0 Å². The van der Waals surface area contributed by atoms with Crippen LogP contribution in [0.25, 0.3) is 0 Å². The van der Waals surface area contributed by atoms with Crippen LogP contribution in [0.3, 0.4) is 0 Å². The van der Waals surface area contributed by atoms with E-state index in [1.807, 2.05) is 0 Å². The van der Waals surface area contributed by atoms with Gasteiger partial charge in [0.15, 0.2) is 0 Å². The van der Waals surface area contributed by atoms with Gasteiger partial charge in [0.1, 0.15) is 0 Å². The fraction of sp³-hybridized carbons (Fsp3) is 0.125. The second-order valence-electron chi connectivity index (χ2n) is 2.49. The molecule has 1 rings (SSSR count). The van der Waals surface area contributed by atoms with Gasteiger partial charge in [-0.15, -0.1) is 0 Å². The van der Waals surface area contributed by atoms with E-state index in [1.165, 1.54) is 25.3 Å². The number of rotatable bonds is 2. The number of carbonyl (C=O) groups is 1. The van der Waals surface area contributed by atoms with Crippen molar-refractivity contribution in [1.82, 2.24) is 0 Å². The molecule has 1 N–H and O–H groups in total. The molecule has 15 heavy (non-hydrogen) atoms. The Kier molecular flexibility index (Phi) is 5.47. The van der Waals surface area contributed by atoms with E-state index in [0.717, 1.165) is 6.07 Å². The first-order valence-electron chi connectivity index (χ1n) is 3.61. The van der Waals surface area contributed by atoms with Gasteiger partial charge in [-0.05, 0) is 18.2 Å². The summed E-state index contributed by atoms with van der Waals surface area (Å²) in [6, 6.07) is 4.96. The van der Waals surface area contributed by atoms with E-state index in [2.05, 4.69) is 4.74 Å². The molecule has 0 unspecified atom stereocenters. The Morgan fingerprint density at radius 3 is 2.47 bits per heavy atom. The Bertz CT molecular complexity index is 454. The molecule has 0 heterocycles. The van der Waals surface area contributed by atoms with E-state index in [9.17, 15) is 13.2 Å². The summed E-state index contributed by atoms with van der Waals surface area (Å²) in [5.41, 5.74) is 0.0719. The Balaban J connectivity index is 0.00000196. The van der Waals surface area contributed by atoms with Crippen LogP contribution >= 0.6 is 0 Å². The van der Waals surface area contributed by atoms with Gasteiger partial charge >= 0.3 is 5.97 Å². The van der Waals surface area contributed by atoms with Gasteiger partial charge in [-0.3, -0.25) is 4.55 Å². The van der Waals surface area contributed by atoms with Crippen molar-refractivity contribution in [2.75, 3.05) is 7.11 Å². The average molecular weight is 239 g/mol. The fourth-order valence-electron chi connectivity index (χ4n) is 0.901. The molecule has 0 bridgehead atoms. The van der Waals surface area contributed by atoms with Crippen molar-refractivity contribution < 1.29 is 22.5 Å². The van der Waals surface area contributed by atoms with Crippen LogP contribution in [-0.4, -0.2) is 55.6 Å². The zero-order valence-corrected chi connectivity index (χ0v) is 11.1. The van der Waals surface area contributed by atoms with Gasteiger partial charge in [0.05, 0.1) is 17.6 Å². The van der Waals surface area contributed by atoms with Crippen LogP contribution in [0.5, 0.6) is 0 Å². The molecule has 0 aliphatic carbocycles. The van der Waals surface area contributed by atoms with Gasteiger partial charge in [0.25, 0.3) is 10.1 Å². The van der Waals surface area contributed by atoms with E-state index in [4.69, 9.17) is 4.55 Å². The molecule has 5 nitrogen and oxygen atoms in total. The van der Waals surface area contributed by atoms with E-state index < -0.39 is 16.1 Å². The van der Waals surface area contributed by atoms with Crippen LogP contribution in [0.1, 0.15) is 10.4 Å². The van der Waals surface area contributed by atoms with Crippen molar-refractivity contribution in [1.29, 1.82) is 0 Å². The third kappa shape index (κ3) is 3.92. The minimum atomic E-state index is -4.27. The predicted molar refractivity (Wildman–Crippen MR) is 53.4 cm³/mol. The van der Waals surface area contributed by atoms with Crippen LogP contribution in [0.4, 0.5) is 0 Å². The average Bonchev–Trinajstić information content (AvgIpc) is 2.15. The van der Waals surface area contributed by atoms with E-state index in [-0.39, 0.29) is 40.0 Å². The summed E-state index contributed by atoms with van der Waals surface area (Å²) in [5, 5.41) is 0. The third-order valence-corrected chi connectivity index (χ3v) is 2.40. The number of esters is 1. The van der Waals surface area contributed by atoms with Crippen molar-refractivity contribution in [3.63, 3.8) is 0 Å². The molecular formula is C8H8NaO5S. The molecular weight excluding hydrogens is 231 g/mol. The molecule has 0 saturated heterocycles. The van der Waals surface area contributed by atoms with Crippen LogP contribution < -0.4 is 0 Å². The molecule has 7 heteroatoms. The zero-order chi connectivity index (χ0) is 10.8. The number of carbonyl (C=O) groups excluding carboxylic acids is 1. The molecule has 1 aromatic carbocycles. The summed E-state index contributed by atoms with van der Waals surface area (Å²) < 4.78 is 34.5. The second kappa shape index (κ2) is 5.62. The molecule has 0 atom stereocenters. The Morgan fingerprint density at radius 2 is 2.00 bits per heavy atom. The number of methoxy groups -OCH3 is 1. The summed E-state index contributed by atoms with van der Waals surface area (Å²) in [7, 11) is -3.09. The maximum absolute atomic E-state index is 11.0. The fourth-order valence-corrected chi connectivity index (χ4v) is 1.43. The van der Waals surface area contributed by atoms with Gasteiger partial charge in [-0.25, -0.2) is 4.79 Å². The summed E-state index contributed by atoms with van der Waals surface area (Å²) in [4.78, 5) is 10.7. The smallest absolute Gasteiger partial charge is 0.337 e. The summed E-state index contributed by atoms with van der Waals surface area (Å²) in [5.74, 6) is -0.657. The molecule has 0 fully saturated rings. The molecule has 0 aliphatic heterocycles. The van der Waals surface area contributed by atoms with E-state index in [0.29, 0.717) is 0 Å². The largest absolute Gasteiger partial charge is 0.465 e. The predicted octanol–water partition coefficient (Wildman–Crippen LogP) is 0.339. The first-order valence-corrected chi connectivity index (χ1v) is 5.05. The number of benzene rings is 1. The Labute approximate surface area is 109 Å². The normalized spacial score (nSPS) is 10.3. The quantitative estimate of drug-likeness (QED) is 0.457. The van der Waals surface area contributed by atoms with Gasteiger partial charge in [0.2, 0.25) is 0 Å². The van der Waals surface area contributed by atoms with Gasteiger partial charge in [-0.2, -0.15) is 8.42 Å². The number of ether oxygens (including phenoxy) is 1. The van der Waals surface area contributed by atoms with Crippen LogP contribution in [0.15, 0.2) is 29.2 Å². The molecule has 0 aliphatic rings. The second-order valence-corrected chi connectivity index (χ2v) is 3.92. The van der Waals surface area contributed by atoms with Crippen molar-refractivity contribution >= 4 is 45.6 Å². The van der Waals surface area contributed by atoms with Gasteiger partial charge in [0, 0.05) is 29.6 Å². The molecule has 77 valence electrons. The maximum Gasteiger partial charge on any atom is 0.337 e. The Morgan fingerprint density at radius 1 is 1.40 bits per heavy atom. The molecule has 0 spiro atoms. The topological polar surface area (TPSA) is 80.7 Å². The van der Waals surface area contributed by atoms with E-state index >= 15 is 0 Å². The minimum Gasteiger partial charge on any atom is -0.465 e. The summed E-state index contributed by atoms with van der Waals surface area (Å²) in [6.07, 6.45) is 0. The molecule has 1 radical (unpaired) electrons. The van der Waals surface area contributed by atoms with E-state index in [1.54, 1.807) is 0 Å². The third-order valence-electron chi connectivity index (χ3n) is 1.55. The number of hydrogen-bond donors (Lipinski definition) is 1. The SMILES string of the molecule is COC(=O)c1cccc(S(=O)(=O)O)c1.[Na]. The zero-order valence-electron chi connectivity index (χ0n) is 8.30. The molecule has 0 saturated carbocycles. The monoisotopic (exact) mass is 239 g/mol. The number of hydrogen-bond acceptors (Lipinski definition) is 4. The van der Waals surface area contributed by atoms with Crippen LogP contribution in [0.2, 0.25) is 0 Å². The maximum atomic E-state index is 11.0. The van der Waals surface area contributed by atoms with Gasteiger partial charge in [-0.1, -0.05) is 6.07 Å². The summed E-state index contributed by atoms with van der Waals surface area (Å²) >= 11 is 0.